The zero-order valence-electron chi connectivity index (χ0n) is 21.9. The third-order valence-corrected chi connectivity index (χ3v) is 7.95. The summed E-state index contributed by atoms with van der Waals surface area (Å²) in [4.78, 5) is 18.0. The Morgan fingerprint density at radius 2 is 1.73 bits per heavy atom. The van der Waals surface area contributed by atoms with E-state index in [1.807, 2.05) is 5.38 Å². The summed E-state index contributed by atoms with van der Waals surface area (Å²) in [6.45, 7) is 1.24. The van der Waals surface area contributed by atoms with Crippen LogP contribution in [0.15, 0.2) is 65.2 Å². The summed E-state index contributed by atoms with van der Waals surface area (Å²) in [6.07, 6.45) is -2.23. The average molecular weight is 588 g/mol. The van der Waals surface area contributed by atoms with E-state index in [0.717, 1.165) is 35.3 Å². The summed E-state index contributed by atoms with van der Waals surface area (Å²) in [5.41, 5.74) is 1.66. The number of anilines is 1. The SMILES string of the molecule is N=C(/C(COC1CCN(c2nc(-c3ccc(C(=O)O)cc3)cs2)CC1)=C(\O)C1CC1)c1ccccc1OC(F)(F)F. The quantitative estimate of drug-likeness (QED) is 0.179. The molecule has 216 valence electrons. The Bertz CT molecular complexity index is 1440. The number of aliphatic hydroxyl groups is 1. The van der Waals surface area contributed by atoms with Crippen LogP contribution in [-0.4, -0.2) is 59.0 Å². The fourth-order valence-corrected chi connectivity index (χ4v) is 5.56. The third-order valence-electron chi connectivity index (χ3n) is 7.05. The van der Waals surface area contributed by atoms with Crippen LogP contribution in [0.2, 0.25) is 0 Å². The maximum atomic E-state index is 13.0. The van der Waals surface area contributed by atoms with Gasteiger partial charge in [-0.2, -0.15) is 0 Å². The Hall–Kier alpha value is -3.90. The van der Waals surface area contributed by atoms with Gasteiger partial charge in [0.05, 0.1) is 29.7 Å². The van der Waals surface area contributed by atoms with Crippen LogP contribution in [0.4, 0.5) is 18.3 Å². The Morgan fingerprint density at radius 1 is 1.05 bits per heavy atom. The molecule has 0 spiro atoms. The van der Waals surface area contributed by atoms with E-state index in [2.05, 4.69) is 9.64 Å². The smallest absolute Gasteiger partial charge is 0.512 e. The van der Waals surface area contributed by atoms with Crippen LogP contribution < -0.4 is 9.64 Å². The molecule has 1 aliphatic carbocycles. The molecule has 1 aromatic heterocycles. The minimum atomic E-state index is -4.91. The first-order valence-electron chi connectivity index (χ1n) is 13.1. The van der Waals surface area contributed by atoms with Gasteiger partial charge in [0.2, 0.25) is 0 Å². The predicted molar refractivity (Wildman–Crippen MR) is 148 cm³/mol. The number of nitrogens with zero attached hydrogens (tertiary/aromatic N) is 2. The molecule has 3 aromatic rings. The number of carbonyl (C=O) groups is 1. The van der Waals surface area contributed by atoms with Crippen molar-refractivity contribution in [2.24, 2.45) is 5.92 Å². The van der Waals surface area contributed by atoms with Crippen molar-refractivity contribution in [3.8, 4) is 17.0 Å². The Morgan fingerprint density at radius 3 is 2.37 bits per heavy atom. The number of hydrogen-bond donors (Lipinski definition) is 3. The van der Waals surface area contributed by atoms with Gasteiger partial charge in [-0.05, 0) is 49.9 Å². The predicted octanol–water partition coefficient (Wildman–Crippen LogP) is 6.68. The van der Waals surface area contributed by atoms with Crippen molar-refractivity contribution in [2.45, 2.75) is 38.1 Å². The molecule has 2 aliphatic rings. The van der Waals surface area contributed by atoms with Crippen molar-refractivity contribution < 1.29 is 37.7 Å². The van der Waals surface area contributed by atoms with Gasteiger partial charge in [0.1, 0.15) is 11.5 Å². The highest BCUT2D eigenvalue weighted by atomic mass is 32.1. The van der Waals surface area contributed by atoms with Crippen molar-refractivity contribution in [3.05, 3.63) is 76.4 Å². The van der Waals surface area contributed by atoms with E-state index in [9.17, 15) is 23.1 Å². The highest BCUT2D eigenvalue weighted by molar-refractivity contribution is 7.14. The molecule has 0 unspecified atom stereocenters. The fraction of sp³-hybridized carbons (Fsp3) is 0.345. The summed E-state index contributed by atoms with van der Waals surface area (Å²) >= 11 is 1.50. The number of hydrogen-bond acceptors (Lipinski definition) is 8. The molecule has 3 N–H and O–H groups in total. The molecular formula is C29H28F3N3O5S. The van der Waals surface area contributed by atoms with Gasteiger partial charge in [0, 0.05) is 41.1 Å². The van der Waals surface area contributed by atoms with Crippen LogP contribution in [0.5, 0.6) is 5.75 Å². The number of nitrogens with one attached hydrogen (secondary N) is 1. The van der Waals surface area contributed by atoms with Crippen LogP contribution in [0.25, 0.3) is 11.3 Å². The molecule has 41 heavy (non-hydrogen) atoms. The Kier molecular flexibility index (Phi) is 8.32. The van der Waals surface area contributed by atoms with Crippen LogP contribution >= 0.6 is 11.3 Å². The second-order valence-corrected chi connectivity index (χ2v) is 10.8. The van der Waals surface area contributed by atoms with Gasteiger partial charge in [0.15, 0.2) is 5.13 Å². The lowest BCUT2D eigenvalue weighted by molar-refractivity contribution is -0.274. The second-order valence-electron chi connectivity index (χ2n) is 9.95. The highest BCUT2D eigenvalue weighted by Crippen LogP contribution is 2.38. The summed E-state index contributed by atoms with van der Waals surface area (Å²) < 4.78 is 49.1. The van der Waals surface area contributed by atoms with Crippen LogP contribution in [0.1, 0.15) is 41.6 Å². The summed E-state index contributed by atoms with van der Waals surface area (Å²) in [5.74, 6) is -1.62. The number of alkyl halides is 3. The van der Waals surface area contributed by atoms with E-state index in [-0.39, 0.29) is 46.8 Å². The molecule has 2 heterocycles. The molecule has 1 aliphatic heterocycles. The van der Waals surface area contributed by atoms with Crippen LogP contribution in [-0.2, 0) is 4.74 Å². The van der Waals surface area contributed by atoms with Crippen molar-refractivity contribution >= 4 is 28.1 Å². The molecule has 12 heteroatoms. The minimum Gasteiger partial charge on any atom is -0.512 e. The highest BCUT2D eigenvalue weighted by Gasteiger charge is 2.34. The monoisotopic (exact) mass is 587 g/mol. The molecule has 5 rings (SSSR count). The number of piperidine rings is 1. The maximum Gasteiger partial charge on any atom is 0.573 e. The molecule has 0 amide bonds. The van der Waals surface area contributed by atoms with E-state index < -0.39 is 18.1 Å². The van der Waals surface area contributed by atoms with E-state index in [1.54, 1.807) is 24.3 Å². The van der Waals surface area contributed by atoms with E-state index in [1.165, 1.54) is 29.5 Å². The Balaban J connectivity index is 1.21. The number of ether oxygens (including phenoxy) is 2. The van der Waals surface area contributed by atoms with Crippen molar-refractivity contribution in [1.29, 1.82) is 5.41 Å². The molecule has 0 bridgehead atoms. The van der Waals surface area contributed by atoms with Gasteiger partial charge in [-0.25, -0.2) is 9.78 Å². The number of aliphatic hydroxyl groups excluding tert-OH is 1. The number of allylic oxidation sites excluding steroid dienone is 1. The summed E-state index contributed by atoms with van der Waals surface area (Å²) in [7, 11) is 0. The lowest BCUT2D eigenvalue weighted by atomic mass is 9.99. The van der Waals surface area contributed by atoms with Gasteiger partial charge in [-0.15, -0.1) is 24.5 Å². The molecule has 1 saturated heterocycles. The van der Waals surface area contributed by atoms with Gasteiger partial charge in [-0.1, -0.05) is 24.3 Å². The van der Waals surface area contributed by atoms with Gasteiger partial charge in [0.25, 0.3) is 0 Å². The first kappa shape index (κ1) is 28.6. The standard InChI is InChI=1S/C29H28F3N3O5S/c30-29(31,32)40-24-4-2-1-3-21(24)25(33)22(26(36)18-7-8-18)15-39-20-11-13-35(14-12-20)28-34-23(16-41-28)17-5-9-19(10-6-17)27(37)38/h1-6,9-10,16,18,20,33,36H,7-8,11-15H2,(H,37,38)/b26-22-,33-25?. The number of carboxylic acid groups (broad SMARTS) is 1. The fourth-order valence-electron chi connectivity index (χ4n) is 4.67. The zero-order chi connectivity index (χ0) is 29.1. The van der Waals surface area contributed by atoms with Gasteiger partial charge in [-0.3, -0.25) is 5.41 Å². The molecule has 1 saturated carbocycles. The minimum absolute atomic E-state index is 0.0130. The first-order chi connectivity index (χ1) is 19.6. The van der Waals surface area contributed by atoms with Crippen LogP contribution in [0.3, 0.4) is 0 Å². The van der Waals surface area contributed by atoms with Gasteiger partial charge < -0.3 is 24.6 Å². The Labute approximate surface area is 238 Å². The third kappa shape index (κ3) is 7.06. The van der Waals surface area contributed by atoms with E-state index >= 15 is 0 Å². The average Bonchev–Trinajstić information content (AvgIpc) is 3.69. The molecule has 0 atom stereocenters. The number of rotatable bonds is 10. The van der Waals surface area contributed by atoms with Crippen molar-refractivity contribution in [1.82, 2.24) is 4.98 Å². The summed E-state index contributed by atoms with van der Waals surface area (Å²) in [5, 5.41) is 31.3. The largest absolute Gasteiger partial charge is 0.573 e. The first-order valence-corrected chi connectivity index (χ1v) is 14.0. The molecule has 8 nitrogen and oxygen atoms in total. The molecule has 0 radical (unpaired) electrons. The zero-order valence-corrected chi connectivity index (χ0v) is 22.7. The number of carboxylic acids is 1. The van der Waals surface area contributed by atoms with Crippen LogP contribution in [0, 0.1) is 11.3 Å². The number of aromatic nitrogens is 1. The molecule has 2 fully saturated rings. The van der Waals surface area contributed by atoms with E-state index in [0.29, 0.717) is 25.9 Å². The number of para-hydroxylation sites is 1. The van der Waals surface area contributed by atoms with Crippen molar-refractivity contribution in [2.75, 3.05) is 24.6 Å². The lowest BCUT2D eigenvalue weighted by Gasteiger charge is -2.32. The lowest BCUT2D eigenvalue weighted by Crippen LogP contribution is -2.37. The maximum absolute atomic E-state index is 13.0. The number of thiazole rings is 1. The summed E-state index contributed by atoms with van der Waals surface area (Å²) in [6, 6.07) is 12.0. The number of benzene rings is 2. The molecule has 2 aromatic carbocycles. The number of halogens is 3. The topological polar surface area (TPSA) is 116 Å². The van der Waals surface area contributed by atoms with Crippen molar-refractivity contribution in [3.63, 3.8) is 0 Å². The normalized spacial score (nSPS) is 16.8. The van der Waals surface area contributed by atoms with E-state index in [4.69, 9.17) is 20.2 Å². The second kappa shape index (κ2) is 11.9. The van der Waals surface area contributed by atoms with Gasteiger partial charge >= 0.3 is 12.3 Å². The molecular weight excluding hydrogens is 559 g/mol. The number of aromatic carboxylic acids is 1.